The van der Waals surface area contributed by atoms with E-state index >= 15 is 0 Å². The van der Waals surface area contributed by atoms with Crippen molar-refractivity contribution in [1.82, 2.24) is 10.2 Å². The summed E-state index contributed by atoms with van der Waals surface area (Å²) in [5, 5.41) is 11.6. The summed E-state index contributed by atoms with van der Waals surface area (Å²) in [6.07, 6.45) is 0.989. The van der Waals surface area contributed by atoms with E-state index in [0.717, 1.165) is 0 Å². The predicted octanol–water partition coefficient (Wildman–Crippen LogP) is 2.00. The summed E-state index contributed by atoms with van der Waals surface area (Å²) >= 11 is 0. The molecular formula is C15H28N2O5. The summed E-state index contributed by atoms with van der Waals surface area (Å²) in [7, 11) is 0. The van der Waals surface area contributed by atoms with E-state index in [1.165, 1.54) is 4.90 Å². The first kappa shape index (κ1) is 20.2. The monoisotopic (exact) mass is 316 g/mol. The van der Waals surface area contributed by atoms with Crippen LogP contribution in [0.15, 0.2) is 0 Å². The van der Waals surface area contributed by atoms with Crippen LogP contribution in [0.25, 0.3) is 0 Å². The number of carbonyl (C=O) groups is 3. The van der Waals surface area contributed by atoms with Gasteiger partial charge in [0.1, 0.15) is 18.2 Å². The van der Waals surface area contributed by atoms with Crippen molar-refractivity contribution in [3.63, 3.8) is 0 Å². The molecule has 1 unspecified atom stereocenters. The van der Waals surface area contributed by atoms with Crippen LogP contribution < -0.4 is 5.32 Å². The Balaban J connectivity index is 4.72. The molecule has 0 saturated carbocycles. The Hall–Kier alpha value is -1.79. The van der Waals surface area contributed by atoms with Crippen molar-refractivity contribution in [1.29, 1.82) is 0 Å². The van der Waals surface area contributed by atoms with Gasteiger partial charge in [0.2, 0.25) is 5.91 Å². The highest BCUT2D eigenvalue weighted by Gasteiger charge is 2.28. The van der Waals surface area contributed by atoms with Gasteiger partial charge in [0.25, 0.3) is 0 Å². The third-order valence-corrected chi connectivity index (χ3v) is 2.79. The van der Waals surface area contributed by atoms with Crippen molar-refractivity contribution in [2.75, 3.05) is 13.1 Å². The van der Waals surface area contributed by atoms with E-state index in [1.54, 1.807) is 20.8 Å². The fourth-order valence-corrected chi connectivity index (χ4v) is 1.94. The Morgan fingerprint density at radius 3 is 2.18 bits per heavy atom. The molecule has 0 heterocycles. The highest BCUT2D eigenvalue weighted by Crippen LogP contribution is 2.10. The number of nitrogens with zero attached hydrogens (tertiary/aromatic N) is 1. The fraction of sp³-hybridized carbons (Fsp3) is 0.800. The lowest BCUT2D eigenvalue weighted by atomic mass is 10.1. The van der Waals surface area contributed by atoms with Crippen LogP contribution in [0.1, 0.15) is 53.9 Å². The number of hydrogen-bond acceptors (Lipinski definition) is 4. The maximum Gasteiger partial charge on any atom is 0.408 e. The van der Waals surface area contributed by atoms with Gasteiger partial charge in [-0.05, 0) is 33.6 Å². The van der Waals surface area contributed by atoms with E-state index in [0.29, 0.717) is 25.8 Å². The van der Waals surface area contributed by atoms with Crippen LogP contribution in [-0.2, 0) is 14.3 Å². The predicted molar refractivity (Wildman–Crippen MR) is 82.6 cm³/mol. The molecule has 0 aromatic carbocycles. The molecule has 22 heavy (non-hydrogen) atoms. The molecule has 0 saturated heterocycles. The number of rotatable bonds is 8. The number of aliphatic carboxylic acids is 1. The summed E-state index contributed by atoms with van der Waals surface area (Å²) < 4.78 is 5.05. The van der Waals surface area contributed by atoms with Gasteiger partial charge in [-0.3, -0.25) is 4.79 Å². The summed E-state index contributed by atoms with van der Waals surface area (Å²) in [5.41, 5.74) is -0.651. The number of carboxylic acid groups (broad SMARTS) is 1. The van der Waals surface area contributed by atoms with Gasteiger partial charge in [0, 0.05) is 6.54 Å². The molecule has 0 radical (unpaired) electrons. The van der Waals surface area contributed by atoms with Gasteiger partial charge in [0.15, 0.2) is 0 Å². The largest absolute Gasteiger partial charge is 0.480 e. The normalized spacial score (nSPS) is 12.4. The first-order chi connectivity index (χ1) is 10.1. The second kappa shape index (κ2) is 9.27. The van der Waals surface area contributed by atoms with Crippen LogP contribution in [-0.4, -0.2) is 52.7 Å². The molecule has 7 heteroatoms. The molecule has 0 aliphatic heterocycles. The lowest BCUT2D eigenvalue weighted by molar-refractivity contribution is -0.150. The van der Waals surface area contributed by atoms with Gasteiger partial charge in [-0.15, -0.1) is 0 Å². The van der Waals surface area contributed by atoms with Gasteiger partial charge in [-0.2, -0.15) is 0 Å². The van der Waals surface area contributed by atoms with E-state index in [4.69, 9.17) is 4.74 Å². The second-order valence-corrected chi connectivity index (χ2v) is 6.09. The van der Waals surface area contributed by atoms with E-state index in [2.05, 4.69) is 5.32 Å². The summed E-state index contributed by atoms with van der Waals surface area (Å²) in [4.78, 5) is 36.4. The molecule has 0 rings (SSSR count). The molecular weight excluding hydrogens is 288 g/mol. The standard InChI is InChI=1S/C15H28N2O5/c1-6-8-11(13(19)20)17(9-7-2)12(18)10-16-14(21)22-15(3,4)5/h11H,6-10H2,1-5H3,(H,16,21)(H,19,20). The third kappa shape index (κ3) is 7.85. The Bertz CT molecular complexity index is 390. The number of hydrogen-bond donors (Lipinski definition) is 2. The van der Waals surface area contributed by atoms with Crippen molar-refractivity contribution in [3.05, 3.63) is 0 Å². The smallest absolute Gasteiger partial charge is 0.408 e. The number of carbonyl (C=O) groups excluding carboxylic acids is 2. The van der Waals surface area contributed by atoms with Crippen LogP contribution >= 0.6 is 0 Å². The van der Waals surface area contributed by atoms with Crippen LogP contribution in [0, 0.1) is 0 Å². The average Bonchev–Trinajstić information content (AvgIpc) is 2.37. The van der Waals surface area contributed by atoms with E-state index in [9.17, 15) is 19.5 Å². The van der Waals surface area contributed by atoms with E-state index in [1.807, 2.05) is 13.8 Å². The lowest BCUT2D eigenvalue weighted by Gasteiger charge is -2.29. The van der Waals surface area contributed by atoms with Crippen LogP contribution in [0.3, 0.4) is 0 Å². The number of nitrogens with one attached hydrogen (secondary N) is 1. The van der Waals surface area contributed by atoms with Gasteiger partial charge in [-0.1, -0.05) is 20.3 Å². The molecule has 0 spiro atoms. The third-order valence-electron chi connectivity index (χ3n) is 2.79. The minimum atomic E-state index is -1.03. The lowest BCUT2D eigenvalue weighted by Crippen LogP contribution is -2.49. The Morgan fingerprint density at radius 1 is 1.18 bits per heavy atom. The Kier molecular flexibility index (Phi) is 8.52. The van der Waals surface area contributed by atoms with Crippen LogP contribution in [0.5, 0.6) is 0 Å². The highest BCUT2D eigenvalue weighted by atomic mass is 16.6. The van der Waals surface area contributed by atoms with Crippen LogP contribution in [0.2, 0.25) is 0 Å². The van der Waals surface area contributed by atoms with Gasteiger partial charge >= 0.3 is 12.1 Å². The molecule has 0 aromatic heterocycles. The molecule has 2 amide bonds. The molecule has 0 fully saturated rings. The first-order valence-electron chi connectivity index (χ1n) is 7.61. The van der Waals surface area contributed by atoms with Crippen molar-refractivity contribution in [2.24, 2.45) is 0 Å². The fourth-order valence-electron chi connectivity index (χ4n) is 1.94. The molecule has 7 nitrogen and oxygen atoms in total. The minimum absolute atomic E-state index is 0.275. The maximum atomic E-state index is 12.2. The zero-order valence-electron chi connectivity index (χ0n) is 14.1. The highest BCUT2D eigenvalue weighted by molar-refractivity contribution is 5.86. The summed E-state index contributed by atoms with van der Waals surface area (Å²) in [6, 6.07) is -0.863. The van der Waals surface area contributed by atoms with Crippen molar-refractivity contribution in [3.8, 4) is 0 Å². The zero-order chi connectivity index (χ0) is 17.3. The van der Waals surface area contributed by atoms with Gasteiger partial charge < -0.3 is 20.1 Å². The quantitative estimate of drug-likeness (QED) is 0.714. The number of ether oxygens (including phenoxy) is 1. The topological polar surface area (TPSA) is 95.9 Å². The second-order valence-electron chi connectivity index (χ2n) is 6.09. The average molecular weight is 316 g/mol. The number of alkyl carbamates (subject to hydrolysis) is 1. The molecule has 0 aromatic rings. The Labute approximate surface area is 132 Å². The minimum Gasteiger partial charge on any atom is -0.480 e. The Morgan fingerprint density at radius 2 is 1.77 bits per heavy atom. The van der Waals surface area contributed by atoms with E-state index in [-0.39, 0.29) is 6.54 Å². The maximum absolute atomic E-state index is 12.2. The number of carboxylic acids is 1. The van der Waals surface area contributed by atoms with Crippen molar-refractivity contribution >= 4 is 18.0 Å². The van der Waals surface area contributed by atoms with Crippen molar-refractivity contribution in [2.45, 2.75) is 65.5 Å². The zero-order valence-corrected chi connectivity index (χ0v) is 14.1. The van der Waals surface area contributed by atoms with E-state index < -0.39 is 29.6 Å². The van der Waals surface area contributed by atoms with Gasteiger partial charge in [-0.25, -0.2) is 9.59 Å². The first-order valence-corrected chi connectivity index (χ1v) is 7.61. The molecule has 0 aliphatic rings. The molecule has 2 N–H and O–H groups in total. The SMILES string of the molecule is CCCC(C(=O)O)N(CCC)C(=O)CNC(=O)OC(C)(C)C. The molecule has 0 aliphatic carbocycles. The van der Waals surface area contributed by atoms with Crippen molar-refractivity contribution < 1.29 is 24.2 Å². The molecule has 0 bridgehead atoms. The summed E-state index contributed by atoms with van der Waals surface area (Å²) in [5.74, 6) is -1.45. The van der Waals surface area contributed by atoms with Gasteiger partial charge in [0.05, 0.1) is 0 Å². The van der Waals surface area contributed by atoms with Crippen LogP contribution in [0.4, 0.5) is 4.79 Å². The molecule has 128 valence electrons. The molecule has 1 atom stereocenters. The number of amides is 2. The summed E-state index contributed by atoms with van der Waals surface area (Å²) in [6.45, 7) is 8.96.